The van der Waals surface area contributed by atoms with E-state index in [9.17, 15) is 4.79 Å². The molecule has 1 atom stereocenters. The third-order valence-electron chi connectivity index (χ3n) is 3.12. The number of pyridine rings is 1. The van der Waals surface area contributed by atoms with Gasteiger partial charge in [-0.25, -0.2) is 0 Å². The first-order valence-electron chi connectivity index (χ1n) is 5.87. The molecule has 92 valence electrons. The molecular weight excluding hydrogens is 216 g/mol. The first-order valence-corrected chi connectivity index (χ1v) is 5.87. The molecular formula is C12H18N4O. The number of amides is 1. The number of nitrogens with zero attached hydrogens (tertiary/aromatic N) is 2. The largest absolute Gasteiger partial charge is 0.332 e. The zero-order valence-corrected chi connectivity index (χ0v) is 10.0. The fourth-order valence-corrected chi connectivity index (χ4v) is 2.10. The van der Waals surface area contributed by atoms with Crippen LogP contribution >= 0.6 is 0 Å². The Balaban J connectivity index is 2.21. The average molecular weight is 234 g/mol. The van der Waals surface area contributed by atoms with Gasteiger partial charge in [0.05, 0.1) is 11.6 Å². The molecule has 0 saturated carbocycles. The van der Waals surface area contributed by atoms with Crippen molar-refractivity contribution in [3.63, 3.8) is 0 Å². The number of nitrogens with two attached hydrogens (primary N) is 1. The summed E-state index contributed by atoms with van der Waals surface area (Å²) in [4.78, 5) is 18.4. The normalized spacial score (nSPS) is 20.4. The number of carbonyl (C=O) groups is 1. The van der Waals surface area contributed by atoms with Gasteiger partial charge in [-0.1, -0.05) is 0 Å². The molecule has 2 heterocycles. The van der Waals surface area contributed by atoms with E-state index in [4.69, 9.17) is 5.73 Å². The summed E-state index contributed by atoms with van der Waals surface area (Å²) in [6.45, 7) is 4.63. The first kappa shape index (κ1) is 12.0. The van der Waals surface area contributed by atoms with Crippen molar-refractivity contribution in [2.45, 2.75) is 13.0 Å². The Hall–Kier alpha value is -1.46. The molecule has 1 aromatic heterocycles. The van der Waals surface area contributed by atoms with Crippen molar-refractivity contribution in [1.29, 1.82) is 0 Å². The summed E-state index contributed by atoms with van der Waals surface area (Å²) in [6, 6.07) is 3.69. The number of aryl methyl sites for hydroxylation is 1. The zero-order chi connectivity index (χ0) is 12.3. The molecule has 0 aliphatic carbocycles. The Morgan fingerprint density at radius 1 is 1.71 bits per heavy atom. The second-order valence-corrected chi connectivity index (χ2v) is 4.23. The van der Waals surface area contributed by atoms with Crippen LogP contribution in [0.25, 0.3) is 0 Å². The number of aromatic nitrogens is 1. The van der Waals surface area contributed by atoms with Crippen LogP contribution in [0.15, 0.2) is 18.3 Å². The van der Waals surface area contributed by atoms with E-state index in [1.54, 1.807) is 12.3 Å². The van der Waals surface area contributed by atoms with Gasteiger partial charge in [-0.05, 0) is 19.1 Å². The van der Waals surface area contributed by atoms with Crippen LogP contribution in [0.2, 0.25) is 0 Å². The molecule has 1 aliphatic heterocycles. The van der Waals surface area contributed by atoms with Gasteiger partial charge in [0.1, 0.15) is 0 Å². The van der Waals surface area contributed by atoms with Crippen molar-refractivity contribution in [3.8, 4) is 0 Å². The van der Waals surface area contributed by atoms with Gasteiger partial charge in [0, 0.05) is 38.1 Å². The molecule has 1 unspecified atom stereocenters. The van der Waals surface area contributed by atoms with Crippen LogP contribution in [-0.4, -0.2) is 48.0 Å². The lowest BCUT2D eigenvalue weighted by Gasteiger charge is -2.35. The fraction of sp³-hybridized carbons (Fsp3) is 0.500. The fourth-order valence-electron chi connectivity index (χ4n) is 2.10. The lowest BCUT2D eigenvalue weighted by atomic mass is 10.1. The van der Waals surface area contributed by atoms with Gasteiger partial charge in [-0.3, -0.25) is 9.78 Å². The molecule has 5 heteroatoms. The molecule has 1 amide bonds. The molecule has 2 rings (SSSR count). The molecule has 1 fully saturated rings. The molecule has 0 bridgehead atoms. The SMILES string of the molecule is Cc1ncccc1C(=O)N1CCNCC1CN. The molecule has 1 saturated heterocycles. The minimum atomic E-state index is 0.0348. The minimum absolute atomic E-state index is 0.0348. The van der Waals surface area contributed by atoms with Crippen molar-refractivity contribution in [2.24, 2.45) is 5.73 Å². The van der Waals surface area contributed by atoms with E-state index >= 15 is 0 Å². The predicted octanol–water partition coefficient (Wildman–Crippen LogP) is -0.237. The van der Waals surface area contributed by atoms with Crippen LogP contribution in [0, 0.1) is 6.92 Å². The van der Waals surface area contributed by atoms with Gasteiger partial charge in [-0.15, -0.1) is 0 Å². The van der Waals surface area contributed by atoms with Crippen LogP contribution in [0.4, 0.5) is 0 Å². The molecule has 5 nitrogen and oxygen atoms in total. The van der Waals surface area contributed by atoms with E-state index in [1.807, 2.05) is 17.9 Å². The number of rotatable bonds is 2. The van der Waals surface area contributed by atoms with Crippen molar-refractivity contribution in [1.82, 2.24) is 15.2 Å². The van der Waals surface area contributed by atoms with E-state index in [0.717, 1.165) is 18.8 Å². The maximum Gasteiger partial charge on any atom is 0.256 e. The second-order valence-electron chi connectivity index (χ2n) is 4.23. The number of piperazine rings is 1. The van der Waals surface area contributed by atoms with E-state index in [0.29, 0.717) is 18.7 Å². The first-order chi connectivity index (χ1) is 8.24. The Morgan fingerprint density at radius 2 is 2.53 bits per heavy atom. The quantitative estimate of drug-likeness (QED) is 0.741. The molecule has 1 aromatic rings. The zero-order valence-electron chi connectivity index (χ0n) is 10.0. The summed E-state index contributed by atoms with van der Waals surface area (Å²) in [5.41, 5.74) is 7.14. The highest BCUT2D eigenvalue weighted by Crippen LogP contribution is 2.12. The number of hydrogen-bond acceptors (Lipinski definition) is 4. The molecule has 0 radical (unpaired) electrons. The predicted molar refractivity (Wildman–Crippen MR) is 65.7 cm³/mol. The van der Waals surface area contributed by atoms with Crippen LogP contribution in [0.1, 0.15) is 16.1 Å². The molecule has 17 heavy (non-hydrogen) atoms. The van der Waals surface area contributed by atoms with Crippen molar-refractivity contribution < 1.29 is 4.79 Å². The van der Waals surface area contributed by atoms with E-state index < -0.39 is 0 Å². The summed E-state index contributed by atoms with van der Waals surface area (Å²) in [6.07, 6.45) is 1.70. The maximum absolute atomic E-state index is 12.4. The summed E-state index contributed by atoms with van der Waals surface area (Å²) >= 11 is 0. The van der Waals surface area contributed by atoms with Gasteiger partial charge in [0.15, 0.2) is 0 Å². The van der Waals surface area contributed by atoms with Gasteiger partial charge in [-0.2, -0.15) is 0 Å². The molecule has 0 spiro atoms. The summed E-state index contributed by atoms with van der Waals surface area (Å²) < 4.78 is 0. The average Bonchev–Trinajstić information content (AvgIpc) is 2.38. The molecule has 3 N–H and O–H groups in total. The number of nitrogens with one attached hydrogen (secondary N) is 1. The number of hydrogen-bond donors (Lipinski definition) is 2. The Bertz CT molecular complexity index is 407. The highest BCUT2D eigenvalue weighted by Gasteiger charge is 2.27. The highest BCUT2D eigenvalue weighted by molar-refractivity contribution is 5.95. The lowest BCUT2D eigenvalue weighted by Crippen LogP contribution is -2.56. The van der Waals surface area contributed by atoms with E-state index in [-0.39, 0.29) is 11.9 Å². The third kappa shape index (κ3) is 2.45. The summed E-state index contributed by atoms with van der Waals surface area (Å²) in [5.74, 6) is 0.0348. The van der Waals surface area contributed by atoms with E-state index in [2.05, 4.69) is 10.3 Å². The Labute approximate surface area is 101 Å². The maximum atomic E-state index is 12.4. The third-order valence-corrected chi connectivity index (χ3v) is 3.12. The van der Waals surface area contributed by atoms with Crippen LogP contribution in [-0.2, 0) is 0 Å². The molecule has 1 aliphatic rings. The van der Waals surface area contributed by atoms with Gasteiger partial charge in [0.25, 0.3) is 5.91 Å². The smallest absolute Gasteiger partial charge is 0.256 e. The van der Waals surface area contributed by atoms with E-state index in [1.165, 1.54) is 0 Å². The van der Waals surface area contributed by atoms with Crippen molar-refractivity contribution in [3.05, 3.63) is 29.6 Å². The van der Waals surface area contributed by atoms with Crippen LogP contribution < -0.4 is 11.1 Å². The van der Waals surface area contributed by atoms with Gasteiger partial charge in [0.2, 0.25) is 0 Å². The lowest BCUT2D eigenvalue weighted by molar-refractivity contribution is 0.0643. The number of carbonyl (C=O) groups excluding carboxylic acids is 1. The van der Waals surface area contributed by atoms with Crippen molar-refractivity contribution in [2.75, 3.05) is 26.2 Å². The Morgan fingerprint density at radius 3 is 3.24 bits per heavy atom. The topological polar surface area (TPSA) is 71.2 Å². The summed E-state index contributed by atoms with van der Waals surface area (Å²) in [5, 5.41) is 3.25. The van der Waals surface area contributed by atoms with Crippen molar-refractivity contribution >= 4 is 5.91 Å². The second kappa shape index (κ2) is 5.25. The minimum Gasteiger partial charge on any atom is -0.332 e. The van der Waals surface area contributed by atoms with Crippen LogP contribution in [0.3, 0.4) is 0 Å². The van der Waals surface area contributed by atoms with Gasteiger partial charge >= 0.3 is 0 Å². The van der Waals surface area contributed by atoms with Gasteiger partial charge < -0.3 is 16.0 Å². The van der Waals surface area contributed by atoms with Crippen LogP contribution in [0.5, 0.6) is 0 Å². The standard InChI is InChI=1S/C12H18N4O/c1-9-11(3-2-4-15-9)12(17)16-6-5-14-8-10(16)7-13/h2-4,10,14H,5-8,13H2,1H3. The monoisotopic (exact) mass is 234 g/mol. The highest BCUT2D eigenvalue weighted by atomic mass is 16.2. The summed E-state index contributed by atoms with van der Waals surface area (Å²) in [7, 11) is 0. The molecule has 0 aromatic carbocycles. The Kier molecular flexibility index (Phi) is 3.71.